The van der Waals surface area contributed by atoms with Gasteiger partial charge in [0.05, 0.1) is 16.8 Å². The van der Waals surface area contributed by atoms with Crippen molar-refractivity contribution in [2.75, 3.05) is 5.75 Å². The maximum absolute atomic E-state index is 12.0. The Labute approximate surface area is 102 Å². The molecule has 2 rings (SSSR count). The van der Waals surface area contributed by atoms with Crippen LogP contribution in [0.4, 0.5) is 0 Å². The summed E-state index contributed by atoms with van der Waals surface area (Å²) in [6.07, 6.45) is 0.209. The third kappa shape index (κ3) is 2.11. The summed E-state index contributed by atoms with van der Waals surface area (Å²) < 4.78 is 24.0. The standard InChI is InChI=1S/C13H18O3S/c1-3-12(14)9(2)11-8-17(15,16)13-7-5-4-6-10(11)13/h4-7,9,11-12,14H,3,8H2,1-2H3. The van der Waals surface area contributed by atoms with Crippen LogP contribution < -0.4 is 0 Å². The van der Waals surface area contributed by atoms with Crippen LogP contribution >= 0.6 is 0 Å². The number of hydrogen-bond acceptors (Lipinski definition) is 3. The van der Waals surface area contributed by atoms with Crippen molar-refractivity contribution < 1.29 is 13.5 Å². The molecule has 0 fully saturated rings. The van der Waals surface area contributed by atoms with Gasteiger partial charge in [-0.15, -0.1) is 0 Å². The van der Waals surface area contributed by atoms with Crippen molar-refractivity contribution in [1.82, 2.24) is 0 Å². The van der Waals surface area contributed by atoms with E-state index in [9.17, 15) is 13.5 Å². The number of aliphatic hydroxyl groups is 1. The summed E-state index contributed by atoms with van der Waals surface area (Å²) in [5.74, 6) is 0.0227. The van der Waals surface area contributed by atoms with Crippen LogP contribution in [0.1, 0.15) is 31.7 Å². The molecule has 3 atom stereocenters. The van der Waals surface area contributed by atoms with Crippen molar-refractivity contribution >= 4 is 9.84 Å². The van der Waals surface area contributed by atoms with Gasteiger partial charge in [0.2, 0.25) is 0 Å². The van der Waals surface area contributed by atoms with E-state index in [4.69, 9.17) is 0 Å². The second kappa shape index (κ2) is 4.42. The molecule has 1 N–H and O–H groups in total. The molecule has 4 heteroatoms. The van der Waals surface area contributed by atoms with E-state index in [1.165, 1.54) is 0 Å². The second-order valence-corrected chi connectivity index (χ2v) is 6.76. The average molecular weight is 254 g/mol. The molecule has 0 saturated heterocycles. The Morgan fingerprint density at radius 2 is 2.06 bits per heavy atom. The van der Waals surface area contributed by atoms with E-state index in [0.29, 0.717) is 11.3 Å². The Kier molecular flexibility index (Phi) is 3.27. The number of sulfone groups is 1. The molecule has 0 bridgehead atoms. The van der Waals surface area contributed by atoms with Crippen LogP contribution in [-0.4, -0.2) is 25.4 Å². The van der Waals surface area contributed by atoms with Gasteiger partial charge >= 0.3 is 0 Å². The zero-order valence-corrected chi connectivity index (χ0v) is 10.9. The first-order valence-electron chi connectivity index (χ1n) is 5.97. The van der Waals surface area contributed by atoms with E-state index in [0.717, 1.165) is 5.56 Å². The van der Waals surface area contributed by atoms with Gasteiger partial charge in [-0.05, 0) is 24.0 Å². The zero-order valence-electron chi connectivity index (χ0n) is 10.1. The van der Waals surface area contributed by atoms with Crippen molar-refractivity contribution in [1.29, 1.82) is 0 Å². The van der Waals surface area contributed by atoms with Crippen LogP contribution in [-0.2, 0) is 9.84 Å². The van der Waals surface area contributed by atoms with Gasteiger partial charge in [-0.1, -0.05) is 32.0 Å². The van der Waals surface area contributed by atoms with Gasteiger partial charge in [0.15, 0.2) is 9.84 Å². The molecular formula is C13H18O3S. The van der Waals surface area contributed by atoms with Crippen LogP contribution in [0.5, 0.6) is 0 Å². The summed E-state index contributed by atoms with van der Waals surface area (Å²) in [5, 5.41) is 9.89. The highest BCUT2D eigenvalue weighted by Crippen LogP contribution is 2.40. The minimum atomic E-state index is -3.15. The van der Waals surface area contributed by atoms with Crippen LogP contribution in [0.3, 0.4) is 0 Å². The molecule has 1 aliphatic rings. The van der Waals surface area contributed by atoms with Crippen molar-refractivity contribution in [3.63, 3.8) is 0 Å². The summed E-state index contributed by atoms with van der Waals surface area (Å²) in [4.78, 5) is 0.445. The maximum atomic E-state index is 12.0. The second-order valence-electron chi connectivity index (χ2n) is 4.76. The van der Waals surface area contributed by atoms with Crippen LogP contribution in [0.15, 0.2) is 29.2 Å². The lowest BCUT2D eigenvalue weighted by Gasteiger charge is -2.23. The third-order valence-electron chi connectivity index (χ3n) is 3.71. The number of fused-ring (bicyclic) bond motifs is 1. The fraction of sp³-hybridized carbons (Fsp3) is 0.538. The Morgan fingerprint density at radius 3 is 2.71 bits per heavy atom. The molecule has 3 nitrogen and oxygen atoms in total. The first-order chi connectivity index (χ1) is 7.97. The molecule has 0 spiro atoms. The Morgan fingerprint density at radius 1 is 1.41 bits per heavy atom. The molecule has 0 aromatic heterocycles. The largest absolute Gasteiger partial charge is 0.393 e. The molecule has 3 unspecified atom stereocenters. The van der Waals surface area contributed by atoms with Gasteiger partial charge in [-0.2, -0.15) is 0 Å². The summed E-state index contributed by atoms with van der Waals surface area (Å²) in [6.45, 7) is 3.84. The molecule has 0 aliphatic carbocycles. The van der Waals surface area contributed by atoms with E-state index in [-0.39, 0.29) is 17.6 Å². The van der Waals surface area contributed by atoms with Crippen molar-refractivity contribution in [3.05, 3.63) is 29.8 Å². The summed E-state index contributed by atoms with van der Waals surface area (Å²) in [5.41, 5.74) is 0.868. The average Bonchev–Trinajstić information content (AvgIpc) is 2.60. The molecule has 94 valence electrons. The summed E-state index contributed by atoms with van der Waals surface area (Å²) >= 11 is 0. The first-order valence-corrected chi connectivity index (χ1v) is 7.62. The molecular weight excluding hydrogens is 236 g/mol. The van der Waals surface area contributed by atoms with Gasteiger partial charge in [-0.25, -0.2) is 8.42 Å². The van der Waals surface area contributed by atoms with E-state index in [1.807, 2.05) is 26.0 Å². The maximum Gasteiger partial charge on any atom is 0.179 e. The molecule has 17 heavy (non-hydrogen) atoms. The molecule has 0 radical (unpaired) electrons. The predicted molar refractivity (Wildman–Crippen MR) is 66.7 cm³/mol. The van der Waals surface area contributed by atoms with Crippen LogP contribution in [0.25, 0.3) is 0 Å². The van der Waals surface area contributed by atoms with E-state index < -0.39 is 15.9 Å². The normalized spacial score (nSPS) is 25.2. The lowest BCUT2D eigenvalue weighted by atomic mass is 9.84. The molecule has 1 aromatic rings. The molecule has 0 saturated carbocycles. The van der Waals surface area contributed by atoms with E-state index >= 15 is 0 Å². The van der Waals surface area contributed by atoms with Gasteiger partial charge < -0.3 is 5.11 Å². The first kappa shape index (κ1) is 12.6. The number of aliphatic hydroxyl groups excluding tert-OH is 1. The molecule has 1 aliphatic heterocycles. The minimum Gasteiger partial charge on any atom is -0.393 e. The fourth-order valence-corrected chi connectivity index (χ4v) is 4.56. The molecule has 1 heterocycles. The Hall–Kier alpha value is -0.870. The highest BCUT2D eigenvalue weighted by Gasteiger charge is 2.38. The highest BCUT2D eigenvalue weighted by atomic mass is 32.2. The van der Waals surface area contributed by atoms with Gasteiger partial charge in [0.25, 0.3) is 0 Å². The number of rotatable bonds is 3. The Bertz CT molecular complexity index is 507. The highest BCUT2D eigenvalue weighted by molar-refractivity contribution is 7.91. The van der Waals surface area contributed by atoms with E-state index in [1.54, 1.807) is 12.1 Å². The van der Waals surface area contributed by atoms with Gasteiger partial charge in [-0.3, -0.25) is 0 Å². The number of hydrogen-bond donors (Lipinski definition) is 1. The lowest BCUT2D eigenvalue weighted by molar-refractivity contribution is 0.101. The van der Waals surface area contributed by atoms with Gasteiger partial charge in [0, 0.05) is 5.92 Å². The fourth-order valence-electron chi connectivity index (χ4n) is 2.56. The quantitative estimate of drug-likeness (QED) is 0.897. The van der Waals surface area contributed by atoms with Crippen molar-refractivity contribution in [3.8, 4) is 0 Å². The molecule has 0 amide bonds. The minimum absolute atomic E-state index is 0.0292. The van der Waals surface area contributed by atoms with Crippen molar-refractivity contribution in [2.45, 2.75) is 37.2 Å². The Balaban J connectivity index is 2.42. The topological polar surface area (TPSA) is 54.4 Å². The van der Waals surface area contributed by atoms with Crippen LogP contribution in [0, 0.1) is 5.92 Å². The zero-order chi connectivity index (χ0) is 12.6. The summed E-state index contributed by atoms with van der Waals surface area (Å²) in [6, 6.07) is 7.14. The van der Waals surface area contributed by atoms with E-state index in [2.05, 4.69) is 0 Å². The SMILES string of the molecule is CCC(O)C(C)C1CS(=O)(=O)c2ccccc21. The summed E-state index contributed by atoms with van der Waals surface area (Å²) in [7, 11) is -3.15. The van der Waals surface area contributed by atoms with Gasteiger partial charge in [0.1, 0.15) is 0 Å². The lowest BCUT2D eigenvalue weighted by Crippen LogP contribution is -2.24. The van der Waals surface area contributed by atoms with Crippen LogP contribution in [0.2, 0.25) is 0 Å². The number of benzene rings is 1. The monoisotopic (exact) mass is 254 g/mol. The molecule has 1 aromatic carbocycles. The predicted octanol–water partition coefficient (Wildman–Crippen LogP) is 1.96. The smallest absolute Gasteiger partial charge is 0.179 e. The van der Waals surface area contributed by atoms with Crippen molar-refractivity contribution in [2.24, 2.45) is 5.92 Å². The third-order valence-corrected chi connectivity index (χ3v) is 5.55.